The Kier molecular flexibility index (Phi) is 5.55. The third kappa shape index (κ3) is 4.88. The number of nitrogens with one attached hydrogen (secondary N) is 1. The van der Waals surface area contributed by atoms with Crippen LogP contribution in [0.4, 0.5) is 4.39 Å². The van der Waals surface area contributed by atoms with Gasteiger partial charge in [0.25, 0.3) is 0 Å². The predicted octanol–water partition coefficient (Wildman–Crippen LogP) is 3.43. The number of hydrogen-bond acceptors (Lipinski definition) is 2. The van der Waals surface area contributed by atoms with Crippen LogP contribution < -0.4 is 5.32 Å². The molecule has 112 valence electrons. The van der Waals surface area contributed by atoms with E-state index in [1.165, 1.54) is 25.0 Å². The molecule has 3 heteroatoms. The van der Waals surface area contributed by atoms with Crippen molar-refractivity contribution in [3.05, 3.63) is 35.6 Å². The predicted molar refractivity (Wildman–Crippen MR) is 80.2 cm³/mol. The first kappa shape index (κ1) is 15.5. The lowest BCUT2D eigenvalue weighted by atomic mass is 9.94. The van der Waals surface area contributed by atoms with Gasteiger partial charge in [-0.25, -0.2) is 4.39 Å². The van der Waals surface area contributed by atoms with Crippen LogP contribution in [0.2, 0.25) is 0 Å². The molecule has 20 heavy (non-hydrogen) atoms. The largest absolute Gasteiger partial charge is 0.389 e. The van der Waals surface area contributed by atoms with Gasteiger partial charge in [-0.2, -0.15) is 0 Å². The zero-order valence-electron chi connectivity index (χ0n) is 12.4. The van der Waals surface area contributed by atoms with Gasteiger partial charge in [-0.05, 0) is 43.9 Å². The molecule has 0 radical (unpaired) electrons. The van der Waals surface area contributed by atoms with Crippen LogP contribution in [0.5, 0.6) is 0 Å². The molecule has 2 N–H and O–H groups in total. The third-order valence-electron chi connectivity index (χ3n) is 4.27. The van der Waals surface area contributed by atoms with E-state index in [9.17, 15) is 9.50 Å². The van der Waals surface area contributed by atoms with Crippen LogP contribution in [0.15, 0.2) is 24.3 Å². The summed E-state index contributed by atoms with van der Waals surface area (Å²) in [6.45, 7) is 2.78. The van der Waals surface area contributed by atoms with Crippen LogP contribution in [0.25, 0.3) is 0 Å². The monoisotopic (exact) mass is 279 g/mol. The highest BCUT2D eigenvalue weighted by atomic mass is 19.1. The highest BCUT2D eigenvalue weighted by Gasteiger charge is 2.27. The number of halogens is 1. The summed E-state index contributed by atoms with van der Waals surface area (Å²) < 4.78 is 12.9. The van der Waals surface area contributed by atoms with E-state index in [1.807, 2.05) is 12.1 Å². The van der Waals surface area contributed by atoms with Gasteiger partial charge in [0.2, 0.25) is 0 Å². The van der Waals surface area contributed by atoms with E-state index in [1.54, 1.807) is 0 Å². The van der Waals surface area contributed by atoms with E-state index >= 15 is 0 Å². The van der Waals surface area contributed by atoms with Gasteiger partial charge in [-0.3, -0.25) is 0 Å². The van der Waals surface area contributed by atoms with Crippen LogP contribution in [-0.2, 0) is 6.42 Å². The maximum Gasteiger partial charge on any atom is 0.123 e. The molecule has 1 aromatic carbocycles. The van der Waals surface area contributed by atoms with E-state index in [0.29, 0.717) is 6.54 Å². The quantitative estimate of drug-likeness (QED) is 0.809. The molecule has 0 aliphatic heterocycles. The van der Waals surface area contributed by atoms with E-state index < -0.39 is 5.60 Å². The summed E-state index contributed by atoms with van der Waals surface area (Å²) in [4.78, 5) is 0. The lowest BCUT2D eigenvalue weighted by molar-refractivity contribution is 0.0232. The average Bonchev–Trinajstić information content (AvgIpc) is 2.65. The van der Waals surface area contributed by atoms with Crippen molar-refractivity contribution < 1.29 is 9.50 Å². The molecule has 2 nitrogen and oxygen atoms in total. The van der Waals surface area contributed by atoms with Crippen molar-refractivity contribution in [1.29, 1.82) is 0 Å². The van der Waals surface area contributed by atoms with Crippen LogP contribution in [0, 0.1) is 5.82 Å². The first-order valence-electron chi connectivity index (χ1n) is 7.78. The molecule has 0 spiro atoms. The Hall–Kier alpha value is -0.930. The summed E-state index contributed by atoms with van der Waals surface area (Å²) in [5, 5.41) is 14.0. The molecule has 1 aromatic rings. The van der Waals surface area contributed by atoms with Gasteiger partial charge in [0.15, 0.2) is 0 Å². The van der Waals surface area contributed by atoms with Crippen molar-refractivity contribution in [3.8, 4) is 0 Å². The molecule has 0 bridgehead atoms. The van der Waals surface area contributed by atoms with Gasteiger partial charge in [0, 0.05) is 12.6 Å². The smallest absolute Gasteiger partial charge is 0.123 e. The second-order valence-corrected chi connectivity index (χ2v) is 6.25. The lowest BCUT2D eigenvalue weighted by Gasteiger charge is -2.29. The van der Waals surface area contributed by atoms with Gasteiger partial charge >= 0.3 is 0 Å². The fourth-order valence-electron chi connectivity index (χ4n) is 2.97. The van der Waals surface area contributed by atoms with Gasteiger partial charge < -0.3 is 10.4 Å². The molecule has 0 saturated heterocycles. The molecule has 1 unspecified atom stereocenters. The topological polar surface area (TPSA) is 32.3 Å². The minimum Gasteiger partial charge on any atom is -0.389 e. The van der Waals surface area contributed by atoms with Gasteiger partial charge in [-0.15, -0.1) is 0 Å². The van der Waals surface area contributed by atoms with E-state index in [4.69, 9.17) is 0 Å². The van der Waals surface area contributed by atoms with Crippen molar-refractivity contribution >= 4 is 0 Å². The van der Waals surface area contributed by atoms with Crippen LogP contribution in [-0.4, -0.2) is 23.3 Å². The minimum absolute atomic E-state index is 0.192. The molecular weight excluding hydrogens is 253 g/mol. The minimum atomic E-state index is -0.534. The molecule has 1 atom stereocenters. The Morgan fingerprint density at radius 1 is 1.15 bits per heavy atom. The molecule has 1 fully saturated rings. The standard InChI is InChI=1S/C17H26FNO/c1-14(12-15-6-8-16(18)9-7-15)19-13-17(20)10-4-2-3-5-11-17/h6-9,14,19-20H,2-5,10-13H2,1H3. The summed E-state index contributed by atoms with van der Waals surface area (Å²) in [6, 6.07) is 6.94. The maximum absolute atomic E-state index is 12.9. The highest BCUT2D eigenvalue weighted by Crippen LogP contribution is 2.26. The Morgan fingerprint density at radius 3 is 2.35 bits per heavy atom. The number of rotatable bonds is 5. The molecule has 1 aliphatic carbocycles. The van der Waals surface area contributed by atoms with Crippen LogP contribution in [0.3, 0.4) is 0 Å². The van der Waals surface area contributed by atoms with Crippen molar-refractivity contribution in [3.63, 3.8) is 0 Å². The molecule has 0 heterocycles. The fraction of sp³-hybridized carbons (Fsp3) is 0.647. The molecular formula is C17H26FNO. The Balaban J connectivity index is 1.79. The van der Waals surface area contributed by atoms with Gasteiger partial charge in [0.05, 0.1) is 5.60 Å². The highest BCUT2D eigenvalue weighted by molar-refractivity contribution is 5.17. The summed E-state index contributed by atoms with van der Waals surface area (Å²) in [6.07, 6.45) is 7.42. The van der Waals surface area contributed by atoms with E-state index in [0.717, 1.165) is 37.7 Å². The molecule has 2 rings (SSSR count). The fourth-order valence-corrected chi connectivity index (χ4v) is 2.97. The maximum atomic E-state index is 12.9. The van der Waals surface area contributed by atoms with Crippen molar-refractivity contribution in [1.82, 2.24) is 5.32 Å². The summed E-state index contributed by atoms with van der Waals surface area (Å²) >= 11 is 0. The van der Waals surface area contributed by atoms with Gasteiger partial charge in [0.1, 0.15) is 5.82 Å². The van der Waals surface area contributed by atoms with E-state index in [2.05, 4.69) is 12.2 Å². The lowest BCUT2D eigenvalue weighted by Crippen LogP contribution is -2.44. The molecule has 0 amide bonds. The van der Waals surface area contributed by atoms with Crippen molar-refractivity contribution in [2.45, 2.75) is 63.5 Å². The Labute approximate surface area is 121 Å². The van der Waals surface area contributed by atoms with E-state index in [-0.39, 0.29) is 11.9 Å². The summed E-state index contributed by atoms with van der Waals surface area (Å²) in [7, 11) is 0. The van der Waals surface area contributed by atoms with Crippen LogP contribution >= 0.6 is 0 Å². The molecule has 1 saturated carbocycles. The molecule has 0 aromatic heterocycles. The van der Waals surface area contributed by atoms with Crippen molar-refractivity contribution in [2.75, 3.05) is 6.54 Å². The molecule has 1 aliphatic rings. The second-order valence-electron chi connectivity index (χ2n) is 6.25. The number of benzene rings is 1. The van der Waals surface area contributed by atoms with Crippen LogP contribution in [0.1, 0.15) is 51.0 Å². The third-order valence-corrected chi connectivity index (χ3v) is 4.27. The summed E-state index contributed by atoms with van der Waals surface area (Å²) in [5.41, 5.74) is 0.590. The SMILES string of the molecule is CC(Cc1ccc(F)cc1)NCC1(O)CCCCCC1. The first-order chi connectivity index (χ1) is 9.57. The zero-order valence-corrected chi connectivity index (χ0v) is 12.4. The normalized spacial score (nSPS) is 20.4. The first-order valence-corrected chi connectivity index (χ1v) is 7.78. The summed E-state index contributed by atoms with van der Waals surface area (Å²) in [5.74, 6) is -0.192. The average molecular weight is 279 g/mol. The Morgan fingerprint density at radius 2 is 1.75 bits per heavy atom. The Bertz CT molecular complexity index is 396. The van der Waals surface area contributed by atoms with Gasteiger partial charge in [-0.1, -0.05) is 37.8 Å². The second kappa shape index (κ2) is 7.19. The number of hydrogen-bond donors (Lipinski definition) is 2. The van der Waals surface area contributed by atoms with Crippen molar-refractivity contribution in [2.24, 2.45) is 0 Å². The zero-order chi connectivity index (χ0) is 14.4. The number of aliphatic hydroxyl groups is 1.